The SMILES string of the molecule is CCCc1nc(-c2ccc(C(F)(F)F)cn2)n[nH]1. The Bertz CT molecular complexity index is 516. The molecule has 0 fully saturated rings. The van der Waals surface area contributed by atoms with E-state index in [0.29, 0.717) is 17.3 Å². The molecule has 1 N–H and O–H groups in total. The van der Waals surface area contributed by atoms with Gasteiger partial charge in [-0.05, 0) is 18.6 Å². The van der Waals surface area contributed by atoms with Gasteiger partial charge in [0.1, 0.15) is 11.5 Å². The first kappa shape index (κ1) is 12.5. The van der Waals surface area contributed by atoms with E-state index in [1.54, 1.807) is 0 Å². The van der Waals surface area contributed by atoms with Crippen LogP contribution in [0.5, 0.6) is 0 Å². The molecule has 2 aromatic heterocycles. The van der Waals surface area contributed by atoms with Crippen LogP contribution in [0.25, 0.3) is 11.5 Å². The number of H-pyrrole nitrogens is 1. The lowest BCUT2D eigenvalue weighted by atomic mass is 10.2. The largest absolute Gasteiger partial charge is 0.417 e. The lowest BCUT2D eigenvalue weighted by Crippen LogP contribution is -2.05. The normalized spacial score (nSPS) is 11.8. The second-order valence-corrected chi connectivity index (χ2v) is 3.79. The smallest absolute Gasteiger partial charge is 0.263 e. The van der Waals surface area contributed by atoms with Gasteiger partial charge < -0.3 is 0 Å². The summed E-state index contributed by atoms with van der Waals surface area (Å²) in [6.45, 7) is 2.00. The fraction of sp³-hybridized carbons (Fsp3) is 0.364. The van der Waals surface area contributed by atoms with Crippen molar-refractivity contribution in [1.29, 1.82) is 0 Å². The van der Waals surface area contributed by atoms with E-state index in [0.717, 1.165) is 25.1 Å². The second kappa shape index (κ2) is 4.75. The molecule has 2 rings (SSSR count). The Balaban J connectivity index is 2.23. The first-order valence-electron chi connectivity index (χ1n) is 5.45. The summed E-state index contributed by atoms with van der Waals surface area (Å²) in [6, 6.07) is 2.24. The summed E-state index contributed by atoms with van der Waals surface area (Å²) >= 11 is 0. The van der Waals surface area contributed by atoms with E-state index in [1.165, 1.54) is 6.07 Å². The fourth-order valence-corrected chi connectivity index (χ4v) is 1.45. The number of pyridine rings is 1. The monoisotopic (exact) mass is 256 g/mol. The van der Waals surface area contributed by atoms with Crippen LogP contribution in [-0.4, -0.2) is 20.2 Å². The molecule has 0 saturated heterocycles. The van der Waals surface area contributed by atoms with Crippen molar-refractivity contribution < 1.29 is 13.2 Å². The molecule has 2 heterocycles. The Hall–Kier alpha value is -1.92. The number of hydrogen-bond donors (Lipinski definition) is 1. The van der Waals surface area contributed by atoms with Crippen molar-refractivity contribution in [2.45, 2.75) is 25.9 Å². The molecular weight excluding hydrogens is 245 g/mol. The molecule has 0 spiro atoms. The van der Waals surface area contributed by atoms with E-state index in [9.17, 15) is 13.2 Å². The molecule has 0 saturated carbocycles. The van der Waals surface area contributed by atoms with Crippen LogP contribution >= 0.6 is 0 Å². The molecule has 0 bridgehead atoms. The van der Waals surface area contributed by atoms with Crippen LogP contribution in [0.2, 0.25) is 0 Å². The minimum atomic E-state index is -4.38. The molecule has 0 amide bonds. The maximum atomic E-state index is 12.3. The standard InChI is InChI=1S/C11H11F3N4/c1-2-3-9-16-10(18-17-9)8-5-4-7(6-15-8)11(12,13)14/h4-6H,2-3H2,1H3,(H,16,17,18). The van der Waals surface area contributed by atoms with Gasteiger partial charge in [0, 0.05) is 12.6 Å². The summed E-state index contributed by atoms with van der Waals surface area (Å²) in [5.74, 6) is 1.02. The van der Waals surface area contributed by atoms with Crippen molar-refractivity contribution in [3.05, 3.63) is 29.7 Å². The Morgan fingerprint density at radius 2 is 2.06 bits per heavy atom. The molecule has 96 valence electrons. The van der Waals surface area contributed by atoms with Crippen molar-refractivity contribution >= 4 is 0 Å². The van der Waals surface area contributed by atoms with E-state index >= 15 is 0 Å². The number of aromatic nitrogens is 4. The van der Waals surface area contributed by atoms with Gasteiger partial charge in [0.05, 0.1) is 5.56 Å². The highest BCUT2D eigenvalue weighted by molar-refractivity contribution is 5.48. The molecule has 2 aromatic rings. The second-order valence-electron chi connectivity index (χ2n) is 3.79. The van der Waals surface area contributed by atoms with Gasteiger partial charge in [0.2, 0.25) is 0 Å². The number of nitrogens with one attached hydrogen (secondary N) is 1. The molecule has 0 aromatic carbocycles. The van der Waals surface area contributed by atoms with Crippen LogP contribution in [0.4, 0.5) is 13.2 Å². The zero-order valence-electron chi connectivity index (χ0n) is 9.62. The quantitative estimate of drug-likeness (QED) is 0.918. The van der Waals surface area contributed by atoms with Crippen LogP contribution in [0.1, 0.15) is 24.7 Å². The predicted octanol–water partition coefficient (Wildman–Crippen LogP) is 2.84. The van der Waals surface area contributed by atoms with Crippen molar-refractivity contribution in [2.75, 3.05) is 0 Å². The topological polar surface area (TPSA) is 54.5 Å². The van der Waals surface area contributed by atoms with Crippen LogP contribution in [0, 0.1) is 0 Å². The lowest BCUT2D eigenvalue weighted by Gasteiger charge is -2.05. The van der Waals surface area contributed by atoms with E-state index in [4.69, 9.17) is 0 Å². The number of hydrogen-bond acceptors (Lipinski definition) is 3. The summed E-state index contributed by atoms with van der Waals surface area (Å²) < 4.78 is 37.0. The third-order valence-corrected chi connectivity index (χ3v) is 2.34. The molecule has 18 heavy (non-hydrogen) atoms. The molecule has 7 heteroatoms. The molecule has 0 atom stereocenters. The summed E-state index contributed by atoms with van der Waals surface area (Å²) in [5.41, 5.74) is -0.461. The Morgan fingerprint density at radius 1 is 1.28 bits per heavy atom. The predicted molar refractivity (Wildman–Crippen MR) is 58.6 cm³/mol. The van der Waals surface area contributed by atoms with Crippen LogP contribution < -0.4 is 0 Å². The highest BCUT2D eigenvalue weighted by Gasteiger charge is 2.30. The molecule has 0 aliphatic rings. The average Bonchev–Trinajstić information content (AvgIpc) is 2.77. The number of aromatic amines is 1. The fourth-order valence-electron chi connectivity index (χ4n) is 1.45. The Morgan fingerprint density at radius 3 is 2.61 bits per heavy atom. The number of halogens is 3. The third-order valence-electron chi connectivity index (χ3n) is 2.34. The van der Waals surface area contributed by atoms with Crippen LogP contribution in [0.3, 0.4) is 0 Å². The molecule has 0 radical (unpaired) electrons. The number of aryl methyl sites for hydroxylation is 1. The van der Waals surface area contributed by atoms with Crippen molar-refractivity contribution in [3.8, 4) is 11.5 Å². The minimum absolute atomic E-state index is 0.312. The highest BCUT2D eigenvalue weighted by atomic mass is 19.4. The molecule has 4 nitrogen and oxygen atoms in total. The van der Waals surface area contributed by atoms with Gasteiger partial charge in [-0.25, -0.2) is 4.98 Å². The number of alkyl halides is 3. The highest BCUT2D eigenvalue weighted by Crippen LogP contribution is 2.29. The molecule has 0 aliphatic heterocycles. The van der Waals surface area contributed by atoms with Gasteiger partial charge >= 0.3 is 6.18 Å². The van der Waals surface area contributed by atoms with Crippen molar-refractivity contribution in [1.82, 2.24) is 20.2 Å². The summed E-state index contributed by atoms with van der Waals surface area (Å²) in [5, 5.41) is 6.64. The summed E-state index contributed by atoms with van der Waals surface area (Å²) in [7, 11) is 0. The Labute approximate surface area is 101 Å². The van der Waals surface area contributed by atoms with Gasteiger partial charge in [0.15, 0.2) is 5.82 Å². The van der Waals surface area contributed by atoms with E-state index < -0.39 is 11.7 Å². The number of rotatable bonds is 3. The van der Waals surface area contributed by atoms with Gasteiger partial charge in [-0.15, -0.1) is 0 Å². The lowest BCUT2D eigenvalue weighted by molar-refractivity contribution is -0.137. The zero-order chi connectivity index (χ0) is 13.2. The van der Waals surface area contributed by atoms with Crippen LogP contribution in [-0.2, 0) is 12.6 Å². The zero-order valence-corrected chi connectivity index (χ0v) is 9.62. The summed E-state index contributed by atoms with van der Waals surface area (Å²) in [4.78, 5) is 7.88. The van der Waals surface area contributed by atoms with E-state index in [2.05, 4.69) is 20.2 Å². The van der Waals surface area contributed by atoms with Gasteiger partial charge in [0.25, 0.3) is 0 Å². The van der Waals surface area contributed by atoms with E-state index in [1.807, 2.05) is 6.92 Å². The van der Waals surface area contributed by atoms with Crippen molar-refractivity contribution in [2.24, 2.45) is 0 Å². The van der Waals surface area contributed by atoms with E-state index in [-0.39, 0.29) is 0 Å². The Kier molecular flexibility index (Phi) is 3.31. The first-order valence-corrected chi connectivity index (χ1v) is 5.45. The van der Waals surface area contributed by atoms with Gasteiger partial charge in [-0.1, -0.05) is 6.92 Å². The molecular formula is C11H11F3N4. The van der Waals surface area contributed by atoms with Crippen LogP contribution in [0.15, 0.2) is 18.3 Å². The maximum Gasteiger partial charge on any atom is 0.417 e. The average molecular weight is 256 g/mol. The molecule has 0 aliphatic carbocycles. The molecule has 0 unspecified atom stereocenters. The summed E-state index contributed by atoms with van der Waals surface area (Å²) in [6.07, 6.45) is -1.94. The van der Waals surface area contributed by atoms with Crippen molar-refractivity contribution in [3.63, 3.8) is 0 Å². The minimum Gasteiger partial charge on any atom is -0.263 e. The van der Waals surface area contributed by atoms with Gasteiger partial charge in [-0.2, -0.15) is 18.3 Å². The maximum absolute atomic E-state index is 12.3. The van der Waals surface area contributed by atoms with Gasteiger partial charge in [-0.3, -0.25) is 10.1 Å². The first-order chi connectivity index (χ1) is 8.50. The number of nitrogens with zero attached hydrogens (tertiary/aromatic N) is 3. The third kappa shape index (κ3) is 2.66.